The number of urea groups is 1. The minimum Gasteiger partial charge on any atom is -0.480 e. The van der Waals surface area contributed by atoms with Gasteiger partial charge in [-0.25, -0.2) is 9.59 Å². The maximum Gasteiger partial charge on any atom is 0.326 e. The third-order valence-corrected chi connectivity index (χ3v) is 4.15. The standard InChI is InChI=1S/C12H19N3O5/c1-12(10(13)19)2-3-14(6-12)11(20)15-5-7(16)4-8(15)9(17)18/h7-8,16H,2-6H2,1H3,(H2,13,19)(H,17,18)/t7-,8-,12?/m0/s1. The number of carboxylic acid groups (broad SMARTS) is 1. The fourth-order valence-electron chi connectivity index (χ4n) is 2.77. The summed E-state index contributed by atoms with van der Waals surface area (Å²) in [6.07, 6.45) is -0.338. The second-order valence-corrected chi connectivity index (χ2v) is 5.77. The van der Waals surface area contributed by atoms with Crippen LogP contribution in [0.5, 0.6) is 0 Å². The van der Waals surface area contributed by atoms with Crippen LogP contribution in [0.15, 0.2) is 0 Å². The second-order valence-electron chi connectivity index (χ2n) is 5.77. The van der Waals surface area contributed by atoms with Crippen molar-refractivity contribution in [1.82, 2.24) is 9.80 Å². The van der Waals surface area contributed by atoms with Crippen molar-refractivity contribution in [1.29, 1.82) is 0 Å². The number of primary amides is 1. The molecule has 2 fully saturated rings. The first-order valence-corrected chi connectivity index (χ1v) is 6.51. The molecule has 0 spiro atoms. The van der Waals surface area contributed by atoms with Crippen LogP contribution in [0.2, 0.25) is 0 Å². The zero-order chi connectivity index (χ0) is 15.1. The number of hydrogen-bond donors (Lipinski definition) is 3. The van der Waals surface area contributed by atoms with E-state index in [1.165, 1.54) is 4.90 Å². The zero-order valence-electron chi connectivity index (χ0n) is 11.3. The first kappa shape index (κ1) is 14.6. The van der Waals surface area contributed by atoms with Gasteiger partial charge in [0.15, 0.2) is 0 Å². The number of carbonyl (C=O) groups excluding carboxylic acids is 2. The minimum absolute atomic E-state index is 0.000411. The van der Waals surface area contributed by atoms with Gasteiger partial charge in [-0.2, -0.15) is 0 Å². The van der Waals surface area contributed by atoms with Crippen LogP contribution in [0.1, 0.15) is 19.8 Å². The lowest BCUT2D eigenvalue weighted by atomic mass is 9.89. The van der Waals surface area contributed by atoms with E-state index in [-0.39, 0.29) is 19.5 Å². The summed E-state index contributed by atoms with van der Waals surface area (Å²) in [5.41, 5.74) is 4.55. The summed E-state index contributed by atoms with van der Waals surface area (Å²) in [7, 11) is 0. The Balaban J connectivity index is 2.09. The van der Waals surface area contributed by atoms with Crippen LogP contribution in [0, 0.1) is 5.41 Å². The smallest absolute Gasteiger partial charge is 0.326 e. The van der Waals surface area contributed by atoms with E-state index in [4.69, 9.17) is 10.8 Å². The van der Waals surface area contributed by atoms with Gasteiger partial charge in [0.1, 0.15) is 6.04 Å². The summed E-state index contributed by atoms with van der Waals surface area (Å²) in [6, 6.07) is -1.48. The van der Waals surface area contributed by atoms with E-state index >= 15 is 0 Å². The SMILES string of the molecule is CC1(C(N)=O)CCN(C(=O)N2C[C@@H](O)C[C@H]2C(=O)O)C1. The number of aliphatic hydroxyl groups is 1. The number of hydrogen-bond acceptors (Lipinski definition) is 4. The van der Waals surface area contributed by atoms with Crippen LogP contribution >= 0.6 is 0 Å². The normalized spacial score (nSPS) is 33.5. The molecule has 20 heavy (non-hydrogen) atoms. The molecular weight excluding hydrogens is 266 g/mol. The van der Waals surface area contributed by atoms with Crippen molar-refractivity contribution in [2.75, 3.05) is 19.6 Å². The van der Waals surface area contributed by atoms with Crippen molar-refractivity contribution in [3.05, 3.63) is 0 Å². The van der Waals surface area contributed by atoms with Gasteiger partial charge in [-0.15, -0.1) is 0 Å². The first-order valence-electron chi connectivity index (χ1n) is 6.51. The Bertz CT molecular complexity index is 454. The molecule has 3 atom stereocenters. The maximum atomic E-state index is 12.3. The fraction of sp³-hybridized carbons (Fsp3) is 0.750. The van der Waals surface area contributed by atoms with Crippen molar-refractivity contribution >= 4 is 17.9 Å². The van der Waals surface area contributed by atoms with Crippen molar-refractivity contribution in [2.24, 2.45) is 11.1 Å². The highest BCUT2D eigenvalue weighted by atomic mass is 16.4. The first-order chi connectivity index (χ1) is 9.24. The third kappa shape index (κ3) is 2.43. The number of likely N-dealkylation sites (tertiary alicyclic amines) is 2. The van der Waals surface area contributed by atoms with E-state index < -0.39 is 35.5 Å². The molecule has 4 N–H and O–H groups in total. The number of carbonyl (C=O) groups is 3. The Hall–Kier alpha value is -1.83. The molecule has 2 rings (SSSR count). The lowest BCUT2D eigenvalue weighted by Gasteiger charge is -2.28. The van der Waals surface area contributed by atoms with Gasteiger partial charge in [0, 0.05) is 26.1 Å². The topological polar surface area (TPSA) is 124 Å². The molecule has 0 bridgehead atoms. The van der Waals surface area contributed by atoms with E-state index in [1.54, 1.807) is 6.92 Å². The summed E-state index contributed by atoms with van der Waals surface area (Å²) >= 11 is 0. The van der Waals surface area contributed by atoms with E-state index in [9.17, 15) is 19.5 Å². The molecular formula is C12H19N3O5. The molecule has 2 saturated heterocycles. The number of rotatable bonds is 2. The van der Waals surface area contributed by atoms with E-state index in [0.29, 0.717) is 13.0 Å². The Kier molecular flexibility index (Phi) is 3.59. The molecule has 8 nitrogen and oxygen atoms in total. The molecule has 3 amide bonds. The van der Waals surface area contributed by atoms with Crippen molar-refractivity contribution in [3.8, 4) is 0 Å². The molecule has 2 aliphatic rings. The molecule has 2 aliphatic heterocycles. The molecule has 2 heterocycles. The predicted octanol–water partition coefficient (Wildman–Crippen LogP) is -1.18. The molecule has 0 aromatic carbocycles. The molecule has 0 saturated carbocycles. The van der Waals surface area contributed by atoms with Gasteiger partial charge >= 0.3 is 12.0 Å². The lowest BCUT2D eigenvalue weighted by molar-refractivity contribution is -0.141. The quantitative estimate of drug-likeness (QED) is 0.589. The van der Waals surface area contributed by atoms with Gasteiger partial charge in [0.25, 0.3) is 0 Å². The van der Waals surface area contributed by atoms with Crippen molar-refractivity contribution < 1.29 is 24.6 Å². The second kappa shape index (κ2) is 4.93. The van der Waals surface area contributed by atoms with Crippen LogP contribution < -0.4 is 5.73 Å². The van der Waals surface area contributed by atoms with E-state index in [2.05, 4.69) is 0 Å². The number of nitrogens with two attached hydrogens (primary N) is 1. The average Bonchev–Trinajstić information content (AvgIpc) is 2.93. The fourth-order valence-corrected chi connectivity index (χ4v) is 2.77. The molecule has 1 unspecified atom stereocenters. The van der Waals surface area contributed by atoms with Crippen molar-refractivity contribution in [3.63, 3.8) is 0 Å². The highest BCUT2D eigenvalue weighted by Gasteiger charge is 2.45. The van der Waals surface area contributed by atoms with Crippen LogP contribution in [0.3, 0.4) is 0 Å². The van der Waals surface area contributed by atoms with Gasteiger partial charge in [0.05, 0.1) is 11.5 Å². The van der Waals surface area contributed by atoms with Gasteiger partial charge in [-0.05, 0) is 13.3 Å². The predicted molar refractivity (Wildman–Crippen MR) is 67.6 cm³/mol. The minimum atomic E-state index is -1.13. The molecule has 8 heteroatoms. The van der Waals surface area contributed by atoms with Crippen LogP contribution in [-0.4, -0.2) is 69.7 Å². The van der Waals surface area contributed by atoms with Crippen molar-refractivity contribution in [2.45, 2.75) is 31.9 Å². The number of nitrogens with zero attached hydrogens (tertiary/aromatic N) is 2. The molecule has 112 valence electrons. The Morgan fingerprint density at radius 2 is 2.00 bits per heavy atom. The summed E-state index contributed by atoms with van der Waals surface area (Å²) in [5.74, 6) is -1.60. The lowest BCUT2D eigenvalue weighted by Crippen LogP contribution is -2.48. The highest BCUT2D eigenvalue weighted by molar-refractivity contribution is 5.86. The molecule has 0 aliphatic carbocycles. The van der Waals surface area contributed by atoms with Gasteiger partial charge in [-0.3, -0.25) is 4.79 Å². The summed E-state index contributed by atoms with van der Waals surface area (Å²) in [6.45, 7) is 2.23. The Labute approximate surface area is 116 Å². The molecule has 0 aromatic heterocycles. The zero-order valence-corrected chi connectivity index (χ0v) is 11.3. The molecule has 0 radical (unpaired) electrons. The number of amides is 3. The molecule has 0 aromatic rings. The summed E-state index contributed by atoms with van der Waals surface area (Å²) < 4.78 is 0. The average molecular weight is 285 g/mol. The van der Waals surface area contributed by atoms with Gasteiger partial charge in [-0.1, -0.05) is 0 Å². The highest BCUT2D eigenvalue weighted by Crippen LogP contribution is 2.31. The Morgan fingerprint density at radius 1 is 1.35 bits per heavy atom. The van der Waals surface area contributed by atoms with Crippen LogP contribution in [-0.2, 0) is 9.59 Å². The number of β-amino-alcohol motifs (C(OH)–C–C–N with tert-alkyl or cyclic N) is 1. The maximum absolute atomic E-state index is 12.3. The summed E-state index contributed by atoms with van der Waals surface area (Å²) in [4.78, 5) is 37.4. The number of aliphatic carboxylic acids is 1. The number of aliphatic hydroxyl groups excluding tert-OH is 1. The van der Waals surface area contributed by atoms with Crippen LogP contribution in [0.25, 0.3) is 0 Å². The summed E-state index contributed by atoms with van der Waals surface area (Å²) in [5, 5.41) is 18.6. The monoisotopic (exact) mass is 285 g/mol. The van der Waals surface area contributed by atoms with E-state index in [1.807, 2.05) is 0 Å². The largest absolute Gasteiger partial charge is 0.480 e. The van der Waals surface area contributed by atoms with Crippen LogP contribution in [0.4, 0.5) is 4.79 Å². The number of carboxylic acids is 1. The van der Waals surface area contributed by atoms with E-state index in [0.717, 1.165) is 4.90 Å². The van der Waals surface area contributed by atoms with Gasteiger partial charge in [0.2, 0.25) is 5.91 Å². The van der Waals surface area contributed by atoms with Gasteiger partial charge < -0.3 is 25.7 Å². The Morgan fingerprint density at radius 3 is 2.50 bits per heavy atom. The third-order valence-electron chi connectivity index (χ3n) is 4.15.